The van der Waals surface area contributed by atoms with Gasteiger partial charge in [-0.2, -0.15) is 0 Å². The van der Waals surface area contributed by atoms with E-state index < -0.39 is 0 Å². The molecular weight excluding hydrogens is 314 g/mol. The van der Waals surface area contributed by atoms with Gasteiger partial charge < -0.3 is 5.32 Å². The highest BCUT2D eigenvalue weighted by Crippen LogP contribution is 2.25. The number of halogens is 1. The van der Waals surface area contributed by atoms with Crippen LogP contribution >= 0.6 is 27.3 Å². The molecule has 2 rings (SSSR count). The second kappa shape index (κ2) is 5.46. The predicted molar refractivity (Wildman–Crippen MR) is 76.2 cm³/mol. The molecule has 2 aromatic rings. The second-order valence-corrected chi connectivity index (χ2v) is 5.54. The van der Waals surface area contributed by atoms with Crippen LogP contribution in [-0.4, -0.2) is 11.7 Å². The Hall–Kier alpha value is -1.46. The summed E-state index contributed by atoms with van der Waals surface area (Å²) in [5.74, 6) is -0.285. The van der Waals surface area contributed by atoms with Crippen LogP contribution in [0.5, 0.6) is 0 Å². The number of thiophene rings is 1. The normalized spacial score (nSPS) is 10.1. The molecule has 0 saturated heterocycles. The summed E-state index contributed by atoms with van der Waals surface area (Å²) in [6, 6.07) is 8.82. The van der Waals surface area contributed by atoms with Crippen LogP contribution < -0.4 is 5.32 Å². The largest absolute Gasteiger partial charge is 0.326 e. The molecule has 92 valence electrons. The predicted octanol–water partition coefficient (Wildman–Crippen LogP) is 3.70. The van der Waals surface area contributed by atoms with Crippen molar-refractivity contribution in [3.63, 3.8) is 0 Å². The maximum Gasteiger partial charge on any atom is 0.221 e. The monoisotopic (exact) mass is 323 g/mol. The molecular formula is C13H10BrNO2S. The zero-order valence-electron chi connectivity index (χ0n) is 9.57. The molecule has 0 aliphatic heterocycles. The van der Waals surface area contributed by atoms with Crippen molar-refractivity contribution in [1.29, 1.82) is 0 Å². The average Bonchev–Trinajstić information content (AvgIpc) is 2.83. The van der Waals surface area contributed by atoms with Crippen molar-refractivity contribution in [3.05, 3.63) is 50.6 Å². The third-order valence-corrected chi connectivity index (χ3v) is 3.64. The zero-order chi connectivity index (χ0) is 13.1. The number of carbonyl (C=O) groups is 2. The van der Waals surface area contributed by atoms with Gasteiger partial charge in [0, 0.05) is 17.0 Å². The highest BCUT2D eigenvalue weighted by atomic mass is 79.9. The Morgan fingerprint density at radius 3 is 2.67 bits per heavy atom. The molecule has 3 nitrogen and oxygen atoms in total. The van der Waals surface area contributed by atoms with Crippen LogP contribution in [0.1, 0.15) is 22.2 Å². The van der Waals surface area contributed by atoms with Gasteiger partial charge >= 0.3 is 0 Å². The lowest BCUT2D eigenvalue weighted by atomic mass is 10.1. The van der Waals surface area contributed by atoms with Crippen molar-refractivity contribution in [1.82, 2.24) is 0 Å². The molecule has 5 heteroatoms. The van der Waals surface area contributed by atoms with E-state index in [4.69, 9.17) is 0 Å². The van der Waals surface area contributed by atoms with Crippen molar-refractivity contribution in [2.45, 2.75) is 6.92 Å². The maximum absolute atomic E-state index is 12.3. The lowest BCUT2D eigenvalue weighted by Crippen LogP contribution is -2.11. The van der Waals surface area contributed by atoms with E-state index in [-0.39, 0.29) is 11.7 Å². The Bertz CT molecular complexity index is 593. The van der Waals surface area contributed by atoms with Gasteiger partial charge in [-0.05, 0) is 29.6 Å². The van der Waals surface area contributed by atoms with Crippen LogP contribution in [0.15, 0.2) is 40.2 Å². The Morgan fingerprint density at radius 2 is 2.06 bits per heavy atom. The maximum atomic E-state index is 12.3. The Kier molecular flexibility index (Phi) is 3.93. The number of ketones is 1. The minimum absolute atomic E-state index is 0.0879. The van der Waals surface area contributed by atoms with E-state index in [1.54, 1.807) is 24.3 Å². The van der Waals surface area contributed by atoms with Crippen LogP contribution in [0.2, 0.25) is 0 Å². The van der Waals surface area contributed by atoms with E-state index in [2.05, 4.69) is 21.2 Å². The lowest BCUT2D eigenvalue weighted by Gasteiger charge is -2.08. The minimum atomic E-state index is -0.197. The van der Waals surface area contributed by atoms with Crippen LogP contribution in [0.25, 0.3) is 0 Å². The van der Waals surface area contributed by atoms with Crippen LogP contribution in [-0.2, 0) is 4.79 Å². The summed E-state index contributed by atoms with van der Waals surface area (Å²) < 4.78 is 0.802. The van der Waals surface area contributed by atoms with Crippen molar-refractivity contribution in [3.8, 4) is 0 Å². The topological polar surface area (TPSA) is 46.2 Å². The number of nitrogens with one attached hydrogen (secondary N) is 1. The first-order valence-electron chi connectivity index (χ1n) is 5.23. The molecule has 1 amide bonds. The number of hydrogen-bond donors (Lipinski definition) is 1. The van der Waals surface area contributed by atoms with Crippen molar-refractivity contribution < 1.29 is 9.59 Å². The summed E-state index contributed by atoms with van der Waals surface area (Å²) in [4.78, 5) is 24.1. The molecule has 1 aromatic carbocycles. The van der Waals surface area contributed by atoms with Gasteiger partial charge in [0.1, 0.15) is 0 Å². The van der Waals surface area contributed by atoms with Crippen molar-refractivity contribution in [2.24, 2.45) is 0 Å². The first-order valence-corrected chi connectivity index (χ1v) is 6.90. The second-order valence-electron chi connectivity index (χ2n) is 3.68. The molecule has 0 aliphatic carbocycles. The smallest absolute Gasteiger partial charge is 0.221 e. The molecule has 0 fully saturated rings. The molecule has 0 bridgehead atoms. The number of anilines is 1. The van der Waals surface area contributed by atoms with Gasteiger partial charge in [-0.25, -0.2) is 0 Å². The van der Waals surface area contributed by atoms with E-state index in [1.165, 1.54) is 18.3 Å². The number of amides is 1. The van der Waals surface area contributed by atoms with E-state index in [9.17, 15) is 9.59 Å². The third-order valence-electron chi connectivity index (χ3n) is 2.28. The van der Waals surface area contributed by atoms with Gasteiger partial charge in [0.25, 0.3) is 0 Å². The number of rotatable bonds is 3. The fourth-order valence-electron chi connectivity index (χ4n) is 1.54. The summed E-state index contributed by atoms with van der Waals surface area (Å²) in [5.41, 5.74) is 1.02. The fourth-order valence-corrected chi connectivity index (χ4v) is 2.58. The van der Waals surface area contributed by atoms with Crippen LogP contribution in [0.4, 0.5) is 5.69 Å². The molecule has 18 heavy (non-hydrogen) atoms. The third kappa shape index (κ3) is 2.86. The van der Waals surface area contributed by atoms with E-state index in [0.717, 1.165) is 4.47 Å². The first kappa shape index (κ1) is 13.0. The summed E-state index contributed by atoms with van der Waals surface area (Å²) >= 11 is 4.71. The summed E-state index contributed by atoms with van der Waals surface area (Å²) in [6.07, 6.45) is 0. The molecule has 0 saturated carbocycles. The highest BCUT2D eigenvalue weighted by Gasteiger charge is 2.15. The van der Waals surface area contributed by atoms with Crippen molar-refractivity contribution in [2.75, 3.05) is 5.32 Å². The molecule has 0 aliphatic rings. The van der Waals surface area contributed by atoms with E-state index in [1.807, 2.05) is 11.4 Å². The van der Waals surface area contributed by atoms with Gasteiger partial charge in [0.2, 0.25) is 11.7 Å². The molecule has 0 atom stereocenters. The van der Waals surface area contributed by atoms with Gasteiger partial charge in [0.05, 0.1) is 10.6 Å². The molecule has 1 heterocycles. The molecule has 0 spiro atoms. The van der Waals surface area contributed by atoms with Gasteiger partial charge in [0.15, 0.2) is 0 Å². The summed E-state index contributed by atoms with van der Waals surface area (Å²) in [5, 5.41) is 4.52. The average molecular weight is 324 g/mol. The minimum Gasteiger partial charge on any atom is -0.326 e. The molecule has 1 aromatic heterocycles. The Balaban J connectivity index is 2.45. The van der Waals surface area contributed by atoms with E-state index >= 15 is 0 Å². The summed E-state index contributed by atoms with van der Waals surface area (Å²) in [7, 11) is 0. The standard InChI is InChI=1S/C13H10BrNO2S/c1-8(16)15-11-5-4-9(14)7-10(11)13(17)12-3-2-6-18-12/h2-7H,1H3,(H,15,16). The molecule has 0 radical (unpaired) electrons. The van der Waals surface area contributed by atoms with Crippen LogP contribution in [0.3, 0.4) is 0 Å². The van der Waals surface area contributed by atoms with Gasteiger partial charge in [-0.15, -0.1) is 11.3 Å². The lowest BCUT2D eigenvalue weighted by molar-refractivity contribution is -0.114. The number of benzene rings is 1. The van der Waals surface area contributed by atoms with E-state index in [0.29, 0.717) is 16.1 Å². The Labute approximate surface area is 117 Å². The SMILES string of the molecule is CC(=O)Nc1ccc(Br)cc1C(=O)c1cccs1. The zero-order valence-corrected chi connectivity index (χ0v) is 12.0. The quantitative estimate of drug-likeness (QED) is 0.875. The Morgan fingerprint density at radius 1 is 1.28 bits per heavy atom. The highest BCUT2D eigenvalue weighted by molar-refractivity contribution is 9.10. The fraction of sp³-hybridized carbons (Fsp3) is 0.0769. The summed E-state index contributed by atoms with van der Waals surface area (Å²) in [6.45, 7) is 1.42. The van der Waals surface area contributed by atoms with Gasteiger partial charge in [-0.1, -0.05) is 22.0 Å². The number of carbonyl (C=O) groups excluding carboxylic acids is 2. The van der Waals surface area contributed by atoms with Crippen molar-refractivity contribution >= 4 is 44.6 Å². The number of hydrogen-bond acceptors (Lipinski definition) is 3. The molecule has 0 unspecified atom stereocenters. The van der Waals surface area contributed by atoms with Crippen LogP contribution in [0, 0.1) is 0 Å². The molecule has 1 N–H and O–H groups in total. The first-order chi connectivity index (χ1) is 8.58. The van der Waals surface area contributed by atoms with Gasteiger partial charge in [-0.3, -0.25) is 9.59 Å².